The Morgan fingerprint density at radius 3 is 2.52 bits per heavy atom. The Labute approximate surface area is 206 Å². The second-order valence-electron chi connectivity index (χ2n) is 7.81. The third kappa shape index (κ3) is 4.51. The van der Waals surface area contributed by atoms with Crippen molar-refractivity contribution in [2.45, 2.75) is 18.6 Å². The minimum Gasteiger partial charge on any atom is -0.497 e. The molecule has 33 heavy (non-hydrogen) atoms. The Morgan fingerprint density at radius 2 is 1.82 bits per heavy atom. The van der Waals surface area contributed by atoms with E-state index in [1.807, 2.05) is 66.7 Å². The highest BCUT2D eigenvalue weighted by molar-refractivity contribution is 9.10. The molecule has 1 aliphatic heterocycles. The first-order valence-corrected chi connectivity index (χ1v) is 11.8. The predicted molar refractivity (Wildman–Crippen MR) is 136 cm³/mol. The van der Waals surface area contributed by atoms with Crippen molar-refractivity contribution in [1.82, 2.24) is 15.2 Å². The molecule has 0 saturated carbocycles. The number of hydrogen-bond acceptors (Lipinski definition) is 4. The molecule has 0 radical (unpaired) electrons. The summed E-state index contributed by atoms with van der Waals surface area (Å²) in [5.41, 5.74) is 3.07. The van der Waals surface area contributed by atoms with Crippen LogP contribution in [-0.4, -0.2) is 22.1 Å². The average molecular weight is 520 g/mol. The van der Waals surface area contributed by atoms with Gasteiger partial charge >= 0.3 is 0 Å². The second-order valence-corrected chi connectivity index (χ2v) is 9.11. The molecule has 4 aromatic rings. The normalized spacial score (nSPS) is 17.8. The molecule has 0 bridgehead atoms. The molecule has 2 atom stereocenters. The average Bonchev–Trinajstić information content (AvgIpc) is 3.45. The Hall–Kier alpha value is -3.16. The lowest BCUT2D eigenvalue weighted by atomic mass is 10.0. The van der Waals surface area contributed by atoms with Gasteiger partial charge in [-0.2, -0.15) is 0 Å². The Morgan fingerprint density at radius 1 is 1.03 bits per heavy atom. The monoisotopic (exact) mass is 519 g/mol. The van der Waals surface area contributed by atoms with E-state index in [0.717, 1.165) is 38.6 Å². The summed E-state index contributed by atoms with van der Waals surface area (Å²) in [6.07, 6.45) is 1.80. The first kappa shape index (κ1) is 21.7. The van der Waals surface area contributed by atoms with E-state index in [4.69, 9.17) is 21.4 Å². The van der Waals surface area contributed by atoms with E-state index in [1.165, 1.54) is 0 Å². The summed E-state index contributed by atoms with van der Waals surface area (Å²) >= 11 is 9.26. The summed E-state index contributed by atoms with van der Waals surface area (Å²) < 4.78 is 12.7. The largest absolute Gasteiger partial charge is 0.497 e. The summed E-state index contributed by atoms with van der Waals surface area (Å²) in [6.45, 7) is 0.637. The molecule has 7 heteroatoms. The van der Waals surface area contributed by atoms with Gasteiger partial charge in [-0.1, -0.05) is 46.3 Å². The van der Waals surface area contributed by atoms with E-state index in [-0.39, 0.29) is 12.1 Å². The van der Waals surface area contributed by atoms with Crippen LogP contribution in [0.25, 0.3) is 11.3 Å². The molecule has 2 aromatic heterocycles. The summed E-state index contributed by atoms with van der Waals surface area (Å²) in [7, 11) is 1.67. The molecular weight excluding hydrogens is 498 g/mol. The molecule has 5 rings (SSSR count). The molecule has 166 valence electrons. The van der Waals surface area contributed by atoms with Crippen LogP contribution in [-0.2, 0) is 6.54 Å². The van der Waals surface area contributed by atoms with Crippen LogP contribution in [0.3, 0.4) is 0 Å². The minimum atomic E-state index is -0.140. The number of aromatic nitrogens is 1. The van der Waals surface area contributed by atoms with Gasteiger partial charge in [-0.3, -0.25) is 4.98 Å². The highest BCUT2D eigenvalue weighted by atomic mass is 79.9. The highest BCUT2D eigenvalue weighted by Crippen LogP contribution is 2.41. The van der Waals surface area contributed by atoms with Crippen LogP contribution in [0, 0.1) is 0 Å². The van der Waals surface area contributed by atoms with Crippen molar-refractivity contribution in [2.75, 3.05) is 7.11 Å². The van der Waals surface area contributed by atoms with Crippen molar-refractivity contribution in [1.29, 1.82) is 0 Å². The highest BCUT2D eigenvalue weighted by Gasteiger charge is 2.41. The van der Waals surface area contributed by atoms with Gasteiger partial charge in [0.2, 0.25) is 0 Å². The van der Waals surface area contributed by atoms with Crippen LogP contribution in [0.1, 0.15) is 29.1 Å². The number of hydrogen-bond donors (Lipinski definition) is 1. The van der Waals surface area contributed by atoms with Crippen LogP contribution in [0.4, 0.5) is 0 Å². The number of methoxy groups -OCH3 is 1. The van der Waals surface area contributed by atoms with Crippen molar-refractivity contribution >= 4 is 33.3 Å². The zero-order valence-corrected chi connectivity index (χ0v) is 20.3. The molecule has 0 amide bonds. The zero-order chi connectivity index (χ0) is 22.8. The second kappa shape index (κ2) is 9.37. The maximum Gasteiger partial charge on any atom is 0.170 e. The maximum absolute atomic E-state index is 6.39. The molecule has 3 heterocycles. The van der Waals surface area contributed by atoms with Gasteiger partial charge in [0.05, 0.1) is 18.8 Å². The first-order chi connectivity index (χ1) is 16.1. The predicted octanol–water partition coefficient (Wildman–Crippen LogP) is 6.29. The van der Waals surface area contributed by atoms with Crippen LogP contribution in [0.2, 0.25) is 0 Å². The summed E-state index contributed by atoms with van der Waals surface area (Å²) in [5, 5.41) is 4.15. The van der Waals surface area contributed by atoms with Crippen LogP contribution >= 0.6 is 28.1 Å². The molecule has 1 saturated heterocycles. The zero-order valence-electron chi connectivity index (χ0n) is 17.9. The summed E-state index contributed by atoms with van der Waals surface area (Å²) in [5.74, 6) is 2.48. The van der Waals surface area contributed by atoms with E-state index in [0.29, 0.717) is 11.7 Å². The van der Waals surface area contributed by atoms with Crippen molar-refractivity contribution in [3.8, 4) is 17.1 Å². The van der Waals surface area contributed by atoms with Crippen molar-refractivity contribution in [3.05, 3.63) is 107 Å². The number of nitrogens with zero attached hydrogens (tertiary/aromatic N) is 2. The lowest BCUT2D eigenvalue weighted by molar-refractivity contribution is 0.269. The van der Waals surface area contributed by atoms with E-state index in [1.54, 1.807) is 13.3 Å². The van der Waals surface area contributed by atoms with Gasteiger partial charge in [0, 0.05) is 22.8 Å². The number of benzene rings is 2. The van der Waals surface area contributed by atoms with E-state index in [9.17, 15) is 0 Å². The Bertz CT molecular complexity index is 1240. The van der Waals surface area contributed by atoms with Gasteiger partial charge in [-0.15, -0.1) is 0 Å². The third-order valence-electron chi connectivity index (χ3n) is 5.76. The van der Waals surface area contributed by atoms with Gasteiger partial charge in [-0.05, 0) is 66.3 Å². The Balaban J connectivity index is 1.51. The lowest BCUT2D eigenvalue weighted by Gasteiger charge is -2.26. The molecule has 5 nitrogen and oxygen atoms in total. The standard InChI is InChI=1S/C26H22BrN3O2S/c1-31-20-11-5-17(6-12-20)16-30-25(24(29-26(30)33)21-4-2-3-15-28-21)23-14-13-22(32-23)18-7-9-19(27)10-8-18/h2-15,24-25H,16H2,1H3,(H,29,33)/t24-,25-/m1/s1. The number of thiocarbonyl (C=S) groups is 1. The molecule has 1 N–H and O–H groups in total. The van der Waals surface area contributed by atoms with E-state index in [2.05, 4.69) is 43.3 Å². The van der Waals surface area contributed by atoms with Gasteiger partial charge in [0.1, 0.15) is 23.3 Å². The van der Waals surface area contributed by atoms with Crippen molar-refractivity contribution in [3.63, 3.8) is 0 Å². The van der Waals surface area contributed by atoms with Crippen LogP contribution in [0.15, 0.2) is 93.9 Å². The number of ether oxygens (including phenoxy) is 1. The molecule has 1 fully saturated rings. The number of rotatable bonds is 6. The molecule has 2 aromatic carbocycles. The van der Waals surface area contributed by atoms with Crippen molar-refractivity contribution < 1.29 is 9.15 Å². The molecule has 1 aliphatic rings. The molecule has 0 spiro atoms. The van der Waals surface area contributed by atoms with E-state index >= 15 is 0 Å². The summed E-state index contributed by atoms with van der Waals surface area (Å²) in [6, 6.07) is 25.8. The number of pyridine rings is 1. The molecule has 0 unspecified atom stereocenters. The van der Waals surface area contributed by atoms with Gasteiger partial charge < -0.3 is 19.4 Å². The Kier molecular flexibility index (Phi) is 6.15. The van der Waals surface area contributed by atoms with Gasteiger partial charge in [0.15, 0.2) is 5.11 Å². The minimum absolute atomic E-state index is 0.124. The first-order valence-electron chi connectivity index (χ1n) is 10.6. The topological polar surface area (TPSA) is 50.5 Å². The number of nitrogens with one attached hydrogen (secondary N) is 1. The SMILES string of the molecule is COc1ccc(CN2C(=S)N[C@H](c3ccccn3)[C@H]2c2ccc(-c3ccc(Br)cc3)o2)cc1. The fraction of sp³-hybridized carbons (Fsp3) is 0.154. The summed E-state index contributed by atoms with van der Waals surface area (Å²) in [4.78, 5) is 6.76. The van der Waals surface area contributed by atoms with Crippen molar-refractivity contribution in [2.24, 2.45) is 0 Å². The van der Waals surface area contributed by atoms with E-state index < -0.39 is 0 Å². The maximum atomic E-state index is 6.39. The van der Waals surface area contributed by atoms with Gasteiger partial charge in [0.25, 0.3) is 0 Å². The fourth-order valence-corrected chi connectivity index (χ4v) is 4.66. The number of furan rings is 1. The van der Waals surface area contributed by atoms with Gasteiger partial charge in [-0.25, -0.2) is 0 Å². The molecular formula is C26H22BrN3O2S. The number of halogens is 1. The fourth-order valence-electron chi connectivity index (χ4n) is 4.09. The van der Waals surface area contributed by atoms with Crippen LogP contribution < -0.4 is 10.1 Å². The molecule has 0 aliphatic carbocycles. The lowest BCUT2D eigenvalue weighted by Crippen LogP contribution is -2.29. The smallest absolute Gasteiger partial charge is 0.170 e. The quantitative estimate of drug-likeness (QED) is 0.302. The third-order valence-corrected chi connectivity index (χ3v) is 6.64. The van der Waals surface area contributed by atoms with Crippen LogP contribution in [0.5, 0.6) is 5.75 Å².